The summed E-state index contributed by atoms with van der Waals surface area (Å²) in [5, 5.41) is 3.72. The van der Waals surface area contributed by atoms with E-state index in [0.717, 1.165) is 41.0 Å². The molecule has 1 aliphatic heterocycles. The van der Waals surface area contributed by atoms with Crippen LogP contribution in [0.4, 0.5) is 14.5 Å². The standard InChI is InChI=1S/C21H21F2N3O2S/c22-21(23)28-17-10-3-1-7-14(17)24-19(27)13-26-12-6-5-9-16(26)20-25-15-8-2-4-11-18(15)29-20/h1-4,7-8,10-11,16,21H,5-6,9,12-13H2,(H,24,27)/t16-/m0/s1. The number of alkyl halides is 2. The molecule has 0 saturated carbocycles. The molecule has 1 amide bonds. The quantitative estimate of drug-likeness (QED) is 0.609. The Morgan fingerprint density at radius 1 is 1.21 bits per heavy atom. The largest absolute Gasteiger partial charge is 0.433 e. The van der Waals surface area contributed by atoms with Crippen molar-refractivity contribution in [2.45, 2.75) is 31.9 Å². The summed E-state index contributed by atoms with van der Waals surface area (Å²) in [6.45, 7) is -1.98. The van der Waals surface area contributed by atoms with Crippen LogP contribution >= 0.6 is 11.3 Å². The molecule has 152 valence electrons. The van der Waals surface area contributed by atoms with Crippen LogP contribution in [0.1, 0.15) is 30.3 Å². The Balaban J connectivity index is 1.48. The normalized spacial score (nSPS) is 17.6. The van der Waals surface area contributed by atoms with Crippen molar-refractivity contribution in [2.24, 2.45) is 0 Å². The van der Waals surface area contributed by atoms with Crippen LogP contribution in [0, 0.1) is 0 Å². The van der Waals surface area contributed by atoms with Crippen LogP contribution in [0.2, 0.25) is 0 Å². The molecule has 5 nitrogen and oxygen atoms in total. The van der Waals surface area contributed by atoms with Crippen LogP contribution in [0.15, 0.2) is 48.5 Å². The number of carbonyl (C=O) groups excluding carboxylic acids is 1. The van der Waals surface area contributed by atoms with Gasteiger partial charge in [-0.05, 0) is 43.7 Å². The molecule has 29 heavy (non-hydrogen) atoms. The molecule has 0 radical (unpaired) electrons. The molecule has 1 aromatic heterocycles. The average Bonchev–Trinajstić information content (AvgIpc) is 3.13. The first-order valence-corrected chi connectivity index (χ1v) is 10.3. The van der Waals surface area contributed by atoms with Crippen LogP contribution < -0.4 is 10.1 Å². The van der Waals surface area contributed by atoms with Gasteiger partial charge in [-0.3, -0.25) is 9.69 Å². The summed E-state index contributed by atoms with van der Waals surface area (Å²) < 4.78 is 30.8. The highest BCUT2D eigenvalue weighted by atomic mass is 32.1. The molecule has 1 aliphatic rings. The number of hydrogen-bond donors (Lipinski definition) is 1. The molecule has 2 heterocycles. The second-order valence-electron chi connectivity index (χ2n) is 6.92. The summed E-state index contributed by atoms with van der Waals surface area (Å²) in [6, 6.07) is 14.3. The van der Waals surface area contributed by atoms with Crippen LogP contribution in [-0.4, -0.2) is 35.5 Å². The van der Waals surface area contributed by atoms with E-state index in [1.165, 1.54) is 6.07 Å². The number of hydrogen-bond acceptors (Lipinski definition) is 5. The van der Waals surface area contributed by atoms with Crippen molar-refractivity contribution in [3.63, 3.8) is 0 Å². The Morgan fingerprint density at radius 2 is 2.00 bits per heavy atom. The number of piperidine rings is 1. The minimum Gasteiger partial charge on any atom is -0.433 e. The first kappa shape index (κ1) is 19.7. The van der Waals surface area contributed by atoms with E-state index in [-0.39, 0.29) is 29.9 Å². The fourth-order valence-electron chi connectivity index (χ4n) is 3.64. The summed E-state index contributed by atoms with van der Waals surface area (Å²) in [4.78, 5) is 19.5. The lowest BCUT2D eigenvalue weighted by Gasteiger charge is -2.33. The molecule has 0 aliphatic carbocycles. The number of nitrogens with one attached hydrogen (secondary N) is 1. The van der Waals surface area contributed by atoms with Crippen LogP contribution in [0.3, 0.4) is 0 Å². The molecule has 0 spiro atoms. The van der Waals surface area contributed by atoms with Crippen molar-refractivity contribution >= 4 is 33.1 Å². The fraction of sp³-hybridized carbons (Fsp3) is 0.333. The highest BCUT2D eigenvalue weighted by molar-refractivity contribution is 7.18. The molecule has 2 aromatic carbocycles. The van der Waals surface area contributed by atoms with Crippen LogP contribution in [0.25, 0.3) is 10.2 Å². The van der Waals surface area contributed by atoms with Gasteiger partial charge in [0.05, 0.1) is 28.5 Å². The van der Waals surface area contributed by atoms with Gasteiger partial charge in [-0.1, -0.05) is 30.7 Å². The summed E-state index contributed by atoms with van der Waals surface area (Å²) in [6.07, 6.45) is 3.04. The molecule has 1 N–H and O–H groups in total. The number of aromatic nitrogens is 1. The summed E-state index contributed by atoms with van der Waals surface area (Å²) >= 11 is 1.66. The Kier molecular flexibility index (Phi) is 6.01. The number of rotatable bonds is 6. The summed E-state index contributed by atoms with van der Waals surface area (Å²) in [7, 11) is 0. The number of thiazole rings is 1. The lowest BCUT2D eigenvalue weighted by molar-refractivity contribution is -0.118. The van der Waals surface area contributed by atoms with Gasteiger partial charge in [-0.2, -0.15) is 8.78 Å². The highest BCUT2D eigenvalue weighted by Crippen LogP contribution is 2.35. The van der Waals surface area contributed by atoms with E-state index in [2.05, 4.69) is 21.0 Å². The maximum atomic E-state index is 12.7. The van der Waals surface area contributed by atoms with Crippen molar-refractivity contribution in [3.8, 4) is 5.75 Å². The zero-order valence-electron chi connectivity index (χ0n) is 15.7. The van der Waals surface area contributed by atoms with E-state index >= 15 is 0 Å². The van der Waals surface area contributed by atoms with Crippen LogP contribution in [-0.2, 0) is 4.79 Å². The van der Waals surface area contributed by atoms with Crippen molar-refractivity contribution < 1.29 is 18.3 Å². The van der Waals surface area contributed by atoms with Gasteiger partial charge >= 0.3 is 6.61 Å². The van der Waals surface area contributed by atoms with E-state index in [9.17, 15) is 13.6 Å². The first-order chi connectivity index (χ1) is 14.1. The zero-order chi connectivity index (χ0) is 20.2. The Morgan fingerprint density at radius 3 is 2.83 bits per heavy atom. The summed E-state index contributed by atoms with van der Waals surface area (Å²) in [5.74, 6) is -0.305. The van der Waals surface area contributed by atoms with Crippen molar-refractivity contribution in [3.05, 3.63) is 53.5 Å². The number of likely N-dealkylation sites (tertiary alicyclic amines) is 1. The first-order valence-electron chi connectivity index (χ1n) is 9.53. The third kappa shape index (κ3) is 4.71. The predicted octanol–water partition coefficient (Wildman–Crippen LogP) is 5.06. The number of fused-ring (bicyclic) bond motifs is 1. The van der Waals surface area contributed by atoms with Gasteiger partial charge in [-0.25, -0.2) is 4.98 Å². The molecule has 0 unspecified atom stereocenters. The van der Waals surface area contributed by atoms with Crippen molar-refractivity contribution in [2.75, 3.05) is 18.4 Å². The van der Waals surface area contributed by atoms with Gasteiger partial charge in [-0.15, -0.1) is 11.3 Å². The lowest BCUT2D eigenvalue weighted by atomic mass is 10.0. The third-order valence-corrected chi connectivity index (χ3v) is 6.07. The van der Waals surface area contributed by atoms with Crippen LogP contribution in [0.5, 0.6) is 5.75 Å². The third-order valence-electron chi connectivity index (χ3n) is 4.93. The molecular weight excluding hydrogens is 396 g/mol. The van der Waals surface area contributed by atoms with Gasteiger partial charge < -0.3 is 10.1 Å². The fourth-order valence-corrected chi connectivity index (χ4v) is 4.77. The SMILES string of the molecule is O=C(CN1CCCC[C@H]1c1nc2ccccc2s1)Nc1ccccc1OC(F)F. The smallest absolute Gasteiger partial charge is 0.387 e. The lowest BCUT2D eigenvalue weighted by Crippen LogP contribution is -2.39. The number of para-hydroxylation sites is 3. The van der Waals surface area contributed by atoms with Gasteiger partial charge in [0.1, 0.15) is 10.8 Å². The number of amides is 1. The second kappa shape index (κ2) is 8.84. The van der Waals surface area contributed by atoms with E-state index in [0.29, 0.717) is 0 Å². The van der Waals surface area contributed by atoms with Crippen molar-refractivity contribution in [1.82, 2.24) is 9.88 Å². The van der Waals surface area contributed by atoms with E-state index in [1.807, 2.05) is 18.2 Å². The predicted molar refractivity (Wildman–Crippen MR) is 109 cm³/mol. The molecule has 1 saturated heterocycles. The number of ether oxygens (including phenoxy) is 1. The minimum absolute atomic E-state index is 0.0442. The molecule has 0 bridgehead atoms. The molecule has 1 atom stereocenters. The topological polar surface area (TPSA) is 54.5 Å². The Labute approximate surface area is 171 Å². The van der Waals surface area contributed by atoms with E-state index < -0.39 is 6.61 Å². The number of benzene rings is 2. The van der Waals surface area contributed by atoms with E-state index in [4.69, 9.17) is 4.98 Å². The Hall–Kier alpha value is -2.58. The average molecular weight is 417 g/mol. The van der Waals surface area contributed by atoms with Gasteiger partial charge in [0, 0.05) is 0 Å². The zero-order valence-corrected chi connectivity index (χ0v) is 16.5. The molecular formula is C21H21F2N3O2S. The minimum atomic E-state index is -2.95. The maximum absolute atomic E-state index is 12.7. The molecule has 4 rings (SSSR count). The van der Waals surface area contributed by atoms with Gasteiger partial charge in [0.2, 0.25) is 5.91 Å². The number of halogens is 2. The molecule has 1 fully saturated rings. The number of anilines is 1. The van der Waals surface area contributed by atoms with Crippen molar-refractivity contribution in [1.29, 1.82) is 0 Å². The Bertz CT molecular complexity index is 962. The van der Waals surface area contributed by atoms with E-state index in [1.54, 1.807) is 29.5 Å². The number of carbonyl (C=O) groups is 1. The molecule has 3 aromatic rings. The van der Waals surface area contributed by atoms with Gasteiger partial charge in [0.15, 0.2) is 0 Å². The highest BCUT2D eigenvalue weighted by Gasteiger charge is 2.28. The molecule has 8 heteroatoms. The monoisotopic (exact) mass is 417 g/mol. The summed E-state index contributed by atoms with van der Waals surface area (Å²) in [5.41, 5.74) is 1.21. The second-order valence-corrected chi connectivity index (χ2v) is 7.99. The van der Waals surface area contributed by atoms with Gasteiger partial charge in [0.25, 0.3) is 0 Å². The number of nitrogens with zero attached hydrogens (tertiary/aromatic N) is 2. The maximum Gasteiger partial charge on any atom is 0.387 e.